The number of amides is 2. The SMILES string of the molecule is O=C(C[C@H]1C[C@H]2c3cc(NC(=O)C4CCOCC4)ccc3O[C@H]2[C@H](CO)O1)NC1CCCC1. The first-order valence-electron chi connectivity index (χ1n) is 12.4. The molecule has 1 aromatic carbocycles. The molecule has 180 valence electrons. The number of hydrogen-bond donors (Lipinski definition) is 3. The Labute approximate surface area is 194 Å². The van der Waals surface area contributed by atoms with Gasteiger partial charge in [-0.1, -0.05) is 12.8 Å². The van der Waals surface area contributed by atoms with Gasteiger partial charge in [0.25, 0.3) is 0 Å². The van der Waals surface area contributed by atoms with E-state index in [2.05, 4.69) is 10.6 Å². The van der Waals surface area contributed by atoms with Crippen molar-refractivity contribution in [3.63, 3.8) is 0 Å². The predicted octanol–water partition coefficient (Wildman–Crippen LogP) is 2.50. The van der Waals surface area contributed by atoms with Crippen LogP contribution in [0.5, 0.6) is 5.75 Å². The van der Waals surface area contributed by atoms with Crippen LogP contribution in [0.3, 0.4) is 0 Å². The molecule has 1 aromatic rings. The number of fused-ring (bicyclic) bond motifs is 3. The monoisotopic (exact) mass is 458 g/mol. The minimum Gasteiger partial charge on any atom is -0.487 e. The van der Waals surface area contributed by atoms with Crippen molar-refractivity contribution >= 4 is 17.5 Å². The van der Waals surface area contributed by atoms with Crippen molar-refractivity contribution in [2.24, 2.45) is 5.92 Å². The van der Waals surface area contributed by atoms with Crippen LogP contribution in [-0.2, 0) is 19.1 Å². The van der Waals surface area contributed by atoms with Crippen LogP contribution in [0.25, 0.3) is 0 Å². The number of carbonyl (C=O) groups is 2. The highest BCUT2D eigenvalue weighted by molar-refractivity contribution is 5.92. The molecule has 0 bridgehead atoms. The van der Waals surface area contributed by atoms with Crippen LogP contribution in [0.1, 0.15) is 62.8 Å². The van der Waals surface area contributed by atoms with Gasteiger partial charge in [-0.15, -0.1) is 0 Å². The number of benzene rings is 1. The van der Waals surface area contributed by atoms with Crippen molar-refractivity contribution < 1.29 is 28.9 Å². The third-order valence-corrected chi connectivity index (χ3v) is 7.49. The topological polar surface area (TPSA) is 106 Å². The molecule has 1 saturated carbocycles. The summed E-state index contributed by atoms with van der Waals surface area (Å²) in [6.07, 6.45) is 5.78. The third-order valence-electron chi connectivity index (χ3n) is 7.49. The standard InChI is InChI=1S/C25H34N2O6/c28-14-22-24-20(12-18(32-22)13-23(29)26-16-3-1-2-4-16)19-11-17(5-6-21(19)33-24)27-25(30)15-7-9-31-10-8-15/h5-6,11,15-16,18,20,22,24,28H,1-4,7-10,12-14H2,(H,26,29)(H,27,30)/t18-,20+,22+,24-/m1/s1. The van der Waals surface area contributed by atoms with E-state index in [1.54, 1.807) is 0 Å². The number of nitrogens with one attached hydrogen (secondary N) is 2. The van der Waals surface area contributed by atoms with Gasteiger partial charge in [-0.3, -0.25) is 9.59 Å². The zero-order valence-corrected chi connectivity index (χ0v) is 19.0. The minimum absolute atomic E-state index is 0.00936. The van der Waals surface area contributed by atoms with E-state index in [0.717, 1.165) is 42.7 Å². The highest BCUT2D eigenvalue weighted by atomic mass is 16.6. The summed E-state index contributed by atoms with van der Waals surface area (Å²) in [5.41, 5.74) is 1.75. The molecule has 4 aliphatic rings. The van der Waals surface area contributed by atoms with Crippen molar-refractivity contribution in [1.29, 1.82) is 0 Å². The fourth-order valence-corrected chi connectivity index (χ4v) is 5.73. The van der Waals surface area contributed by atoms with Crippen LogP contribution in [0, 0.1) is 5.92 Å². The lowest BCUT2D eigenvalue weighted by molar-refractivity contribution is -0.142. The van der Waals surface area contributed by atoms with Crippen LogP contribution in [0.15, 0.2) is 18.2 Å². The van der Waals surface area contributed by atoms with Crippen LogP contribution in [0.4, 0.5) is 5.69 Å². The molecule has 0 radical (unpaired) electrons. The maximum Gasteiger partial charge on any atom is 0.227 e. The van der Waals surface area contributed by atoms with Gasteiger partial charge >= 0.3 is 0 Å². The highest BCUT2D eigenvalue weighted by Crippen LogP contribution is 2.47. The number of aliphatic hydroxyl groups excluding tert-OH is 1. The van der Waals surface area contributed by atoms with Gasteiger partial charge in [0.05, 0.1) is 19.1 Å². The predicted molar refractivity (Wildman–Crippen MR) is 121 cm³/mol. The van der Waals surface area contributed by atoms with E-state index in [1.807, 2.05) is 18.2 Å². The molecule has 0 aromatic heterocycles. The van der Waals surface area contributed by atoms with Gasteiger partial charge in [-0.05, 0) is 50.3 Å². The quantitative estimate of drug-likeness (QED) is 0.605. The average Bonchev–Trinajstić information content (AvgIpc) is 3.46. The Hall–Kier alpha value is -2.16. The lowest BCUT2D eigenvalue weighted by atomic mass is 9.84. The van der Waals surface area contributed by atoms with Crippen molar-refractivity contribution in [1.82, 2.24) is 5.32 Å². The zero-order chi connectivity index (χ0) is 22.8. The van der Waals surface area contributed by atoms with Gasteiger partial charge in [-0.2, -0.15) is 0 Å². The normalized spacial score (nSPS) is 29.7. The molecule has 33 heavy (non-hydrogen) atoms. The van der Waals surface area contributed by atoms with Crippen molar-refractivity contribution in [3.8, 4) is 5.75 Å². The van der Waals surface area contributed by atoms with Gasteiger partial charge in [0.15, 0.2) is 0 Å². The van der Waals surface area contributed by atoms with E-state index < -0.39 is 6.10 Å². The van der Waals surface area contributed by atoms with Gasteiger partial charge in [0, 0.05) is 42.3 Å². The summed E-state index contributed by atoms with van der Waals surface area (Å²) in [6.45, 7) is 1.08. The van der Waals surface area contributed by atoms with Gasteiger partial charge in [0.1, 0.15) is 18.0 Å². The molecule has 8 nitrogen and oxygen atoms in total. The minimum atomic E-state index is -0.485. The highest BCUT2D eigenvalue weighted by Gasteiger charge is 2.46. The van der Waals surface area contributed by atoms with Crippen LogP contribution < -0.4 is 15.4 Å². The lowest BCUT2D eigenvalue weighted by Gasteiger charge is -2.37. The Morgan fingerprint density at radius 1 is 1.09 bits per heavy atom. The Morgan fingerprint density at radius 2 is 1.88 bits per heavy atom. The number of carbonyl (C=O) groups excluding carboxylic acids is 2. The van der Waals surface area contributed by atoms with Gasteiger partial charge in [-0.25, -0.2) is 0 Å². The summed E-state index contributed by atoms with van der Waals surface area (Å²) in [5, 5.41) is 16.1. The van der Waals surface area contributed by atoms with E-state index in [9.17, 15) is 14.7 Å². The first-order chi connectivity index (χ1) is 16.1. The molecule has 1 aliphatic carbocycles. The number of ether oxygens (including phenoxy) is 3. The van der Waals surface area contributed by atoms with Crippen molar-refractivity contribution in [2.75, 3.05) is 25.1 Å². The van der Waals surface area contributed by atoms with Gasteiger partial charge in [0.2, 0.25) is 11.8 Å². The van der Waals surface area contributed by atoms with E-state index in [1.165, 1.54) is 12.8 Å². The fourth-order valence-electron chi connectivity index (χ4n) is 5.73. The Kier molecular flexibility index (Phi) is 6.85. The molecule has 2 amide bonds. The molecule has 0 unspecified atom stereocenters. The molecule has 0 spiro atoms. The molecule has 3 fully saturated rings. The second-order valence-electron chi connectivity index (χ2n) is 9.79. The molecular weight excluding hydrogens is 424 g/mol. The zero-order valence-electron chi connectivity index (χ0n) is 19.0. The summed E-state index contributed by atoms with van der Waals surface area (Å²) in [5.74, 6) is 0.775. The number of rotatable bonds is 6. The summed E-state index contributed by atoms with van der Waals surface area (Å²) in [6, 6.07) is 5.99. The van der Waals surface area contributed by atoms with Crippen LogP contribution in [-0.4, -0.2) is 61.1 Å². The second kappa shape index (κ2) is 9.99. The first kappa shape index (κ1) is 22.6. The van der Waals surface area contributed by atoms with E-state index >= 15 is 0 Å². The average molecular weight is 459 g/mol. The number of hydrogen-bond acceptors (Lipinski definition) is 6. The fraction of sp³-hybridized carbons (Fsp3) is 0.680. The molecule has 3 N–H and O–H groups in total. The lowest BCUT2D eigenvalue weighted by Crippen LogP contribution is -2.47. The Morgan fingerprint density at radius 3 is 2.64 bits per heavy atom. The van der Waals surface area contributed by atoms with Crippen molar-refractivity contribution in [2.45, 2.75) is 81.6 Å². The second-order valence-corrected chi connectivity index (χ2v) is 9.79. The van der Waals surface area contributed by atoms with E-state index in [4.69, 9.17) is 14.2 Å². The summed E-state index contributed by atoms with van der Waals surface area (Å²) < 4.78 is 17.6. The molecule has 2 saturated heterocycles. The molecule has 8 heteroatoms. The summed E-state index contributed by atoms with van der Waals surface area (Å²) >= 11 is 0. The maximum atomic E-state index is 12.7. The molecule has 4 atom stereocenters. The van der Waals surface area contributed by atoms with E-state index in [0.29, 0.717) is 19.6 Å². The van der Waals surface area contributed by atoms with Gasteiger partial charge < -0.3 is 30.0 Å². The Bertz CT molecular complexity index is 864. The molecule has 3 aliphatic heterocycles. The van der Waals surface area contributed by atoms with Crippen molar-refractivity contribution in [3.05, 3.63) is 23.8 Å². The Balaban J connectivity index is 1.26. The maximum absolute atomic E-state index is 12.7. The number of anilines is 1. The largest absolute Gasteiger partial charge is 0.487 e. The summed E-state index contributed by atoms with van der Waals surface area (Å²) in [7, 11) is 0. The molecular formula is C25H34N2O6. The third kappa shape index (κ3) is 5.03. The number of aliphatic hydroxyl groups is 1. The summed E-state index contributed by atoms with van der Waals surface area (Å²) in [4.78, 5) is 25.3. The van der Waals surface area contributed by atoms with Crippen LogP contribution >= 0.6 is 0 Å². The van der Waals surface area contributed by atoms with E-state index in [-0.39, 0.29) is 54.9 Å². The molecule has 3 heterocycles. The molecule has 5 rings (SSSR count). The first-order valence-corrected chi connectivity index (χ1v) is 12.4. The smallest absolute Gasteiger partial charge is 0.227 e. The van der Waals surface area contributed by atoms with Crippen LogP contribution in [0.2, 0.25) is 0 Å².